The quantitative estimate of drug-likeness (QED) is 0.0864. The highest BCUT2D eigenvalue weighted by molar-refractivity contribution is 5.72. The summed E-state index contributed by atoms with van der Waals surface area (Å²) in [6.45, 7) is 23.4. The minimum atomic E-state index is -0.523. The van der Waals surface area contributed by atoms with Crippen molar-refractivity contribution in [3.8, 4) is 0 Å². The Balaban J connectivity index is 0.000000125. The van der Waals surface area contributed by atoms with Crippen LogP contribution in [0.2, 0.25) is 0 Å². The lowest BCUT2D eigenvalue weighted by Gasteiger charge is -2.33. The zero-order chi connectivity index (χ0) is 64.6. The van der Waals surface area contributed by atoms with Crippen LogP contribution < -0.4 is 10.6 Å². The lowest BCUT2D eigenvalue weighted by Crippen LogP contribution is -2.45. The van der Waals surface area contributed by atoms with E-state index in [1.165, 1.54) is 123 Å². The number of benzene rings is 6. The fourth-order valence-electron chi connectivity index (χ4n) is 14.9. The molecule has 2 amide bonds. The van der Waals surface area contributed by atoms with Gasteiger partial charge in [-0.25, -0.2) is 9.59 Å². The smallest absolute Gasteiger partial charge is 0.410 e. The molecule has 9 aliphatic rings. The number of nitrogens with one attached hydrogen (secondary N) is 2. The van der Waals surface area contributed by atoms with Gasteiger partial charge in [0.15, 0.2) is 0 Å². The number of hydrogen-bond acceptors (Lipinski definition) is 9. The molecule has 0 radical (unpaired) electrons. The Hall–Kier alpha value is -6.63. The standard InChI is InChI=1S/C29H38N2O2.C24H30N2.C19H25NO3.C10H13N/c1-28(2,3)33-27(32)31(26-19-25(26)24-11-5-4-6-12-24)21-29(15-16-29)20-30-17-13-22-9-7-8-10-23(22)14-18-30;1-2-8-21(9-3-1)22-16-23(22)25-17-24(12-13-24)18-26-14-10-19-6-4-5-7-20(19)11-15-26;1-18(2,3)23-17(22)20(12-19(13-21)9-10-19)16-11-15(16)14-7-5-4-6-8-14;1-2-4-10-6-8-11-7-5-9(10)3-1/h4-12,25-26H,13-21H2,1-3H3;1-9,22-23,25H,10-18H2;4-8,13,15-16H,9-12H2,1-3H3;1-4,11H,5-8H2/t25-,26+;22-,23+;15-,16+;/m111./s1. The van der Waals surface area contributed by atoms with Crippen LogP contribution in [0.4, 0.5) is 9.59 Å². The van der Waals surface area contributed by atoms with Crippen LogP contribution in [0.1, 0.15) is 167 Å². The molecule has 494 valence electrons. The number of ether oxygens (including phenoxy) is 2. The van der Waals surface area contributed by atoms with Crippen molar-refractivity contribution in [1.29, 1.82) is 0 Å². The molecule has 93 heavy (non-hydrogen) atoms. The number of rotatable bonds is 17. The van der Waals surface area contributed by atoms with Crippen LogP contribution in [0.3, 0.4) is 0 Å². The van der Waals surface area contributed by atoms with E-state index in [1.807, 2.05) is 59.7 Å². The third kappa shape index (κ3) is 18.7. The van der Waals surface area contributed by atoms with E-state index in [4.69, 9.17) is 9.47 Å². The average Bonchev–Trinajstić information content (AvgIpc) is 1.62. The predicted octanol–water partition coefficient (Wildman–Crippen LogP) is 14.8. The summed E-state index contributed by atoms with van der Waals surface area (Å²) in [5.41, 5.74) is 12.8. The molecule has 15 rings (SSSR count). The fourth-order valence-corrected chi connectivity index (χ4v) is 14.9. The van der Waals surface area contributed by atoms with Gasteiger partial charge < -0.3 is 44.5 Å². The lowest BCUT2D eigenvalue weighted by molar-refractivity contribution is -0.112. The first kappa shape index (κ1) is 66.4. The van der Waals surface area contributed by atoms with Crippen LogP contribution in [-0.4, -0.2) is 139 Å². The Labute approximate surface area is 556 Å². The first-order valence-corrected chi connectivity index (χ1v) is 35.6. The van der Waals surface area contributed by atoms with E-state index in [0.29, 0.717) is 29.8 Å². The van der Waals surface area contributed by atoms with Crippen molar-refractivity contribution >= 4 is 18.5 Å². The van der Waals surface area contributed by atoms with Crippen LogP contribution in [0.25, 0.3) is 0 Å². The van der Waals surface area contributed by atoms with Gasteiger partial charge in [-0.05, 0) is 206 Å². The molecule has 0 bridgehead atoms. The van der Waals surface area contributed by atoms with Crippen LogP contribution in [0.5, 0.6) is 0 Å². The van der Waals surface area contributed by atoms with Crippen LogP contribution in [0, 0.1) is 16.2 Å². The maximum Gasteiger partial charge on any atom is 0.410 e. The molecule has 3 aliphatic heterocycles. The summed E-state index contributed by atoms with van der Waals surface area (Å²) in [6, 6.07) is 59.7. The summed E-state index contributed by atoms with van der Waals surface area (Å²) in [5, 5.41) is 7.30. The SMILES string of the molecule is CC(C)(C)OC(=O)N(CC1(C=O)CC1)[C@H]1C[C@@H]1c1ccccc1.CC(C)(C)OC(=O)N(CC1(CN2CCc3ccccc3CC2)CC1)[C@H]1C[C@@H]1c1ccccc1.c1ccc([C@H]2C[C@@H]2NCC2(CN3CCc4ccccc4CC3)CC2)cc1.c1ccc2c(c1)CCNCC2. The molecule has 6 saturated carbocycles. The summed E-state index contributed by atoms with van der Waals surface area (Å²) in [7, 11) is 0. The molecule has 0 unspecified atom stereocenters. The minimum Gasteiger partial charge on any atom is -0.444 e. The van der Waals surface area contributed by atoms with Crippen molar-refractivity contribution in [2.45, 2.75) is 185 Å². The molecule has 3 heterocycles. The van der Waals surface area contributed by atoms with Crippen molar-refractivity contribution in [3.05, 3.63) is 214 Å². The number of hydrogen-bond donors (Lipinski definition) is 2. The first-order chi connectivity index (χ1) is 44.9. The topological polar surface area (TPSA) is 107 Å². The highest BCUT2D eigenvalue weighted by Gasteiger charge is 2.54. The highest BCUT2D eigenvalue weighted by Crippen LogP contribution is 2.53. The predicted molar refractivity (Wildman–Crippen MR) is 375 cm³/mol. The summed E-state index contributed by atoms with van der Waals surface area (Å²) in [5.74, 6) is 1.54. The van der Waals surface area contributed by atoms with E-state index in [0.717, 1.165) is 90.0 Å². The number of carbonyl (C=O) groups is 3. The van der Waals surface area contributed by atoms with E-state index < -0.39 is 11.2 Å². The van der Waals surface area contributed by atoms with E-state index in [9.17, 15) is 14.4 Å². The molecule has 0 spiro atoms. The lowest BCUT2D eigenvalue weighted by atomic mass is 10.0. The van der Waals surface area contributed by atoms with Crippen molar-refractivity contribution in [2.24, 2.45) is 16.2 Å². The third-order valence-corrected chi connectivity index (χ3v) is 21.2. The van der Waals surface area contributed by atoms with Crippen LogP contribution in [0.15, 0.2) is 164 Å². The van der Waals surface area contributed by atoms with Gasteiger partial charge in [-0.2, -0.15) is 0 Å². The number of amides is 2. The second-order valence-corrected chi connectivity index (χ2v) is 31.2. The Morgan fingerprint density at radius 2 is 0.828 bits per heavy atom. The number of carbonyl (C=O) groups excluding carboxylic acids is 3. The second kappa shape index (κ2) is 29.2. The van der Waals surface area contributed by atoms with Gasteiger partial charge in [-0.1, -0.05) is 164 Å². The largest absolute Gasteiger partial charge is 0.444 e. The van der Waals surface area contributed by atoms with Crippen molar-refractivity contribution < 1.29 is 23.9 Å². The molecule has 6 aromatic carbocycles. The van der Waals surface area contributed by atoms with Crippen LogP contribution >= 0.6 is 0 Å². The highest BCUT2D eigenvalue weighted by atomic mass is 16.6. The minimum absolute atomic E-state index is 0.138. The van der Waals surface area contributed by atoms with Crippen molar-refractivity contribution in [2.75, 3.05) is 72.0 Å². The van der Waals surface area contributed by atoms with Gasteiger partial charge in [-0.15, -0.1) is 0 Å². The zero-order valence-corrected chi connectivity index (χ0v) is 56.8. The molecule has 0 saturated heterocycles. The van der Waals surface area contributed by atoms with E-state index in [-0.39, 0.29) is 35.1 Å². The van der Waals surface area contributed by atoms with Gasteiger partial charge in [0.25, 0.3) is 0 Å². The normalized spacial score (nSPS) is 24.1. The molecule has 0 aromatic heterocycles. The average molecular weight is 1260 g/mol. The maximum absolute atomic E-state index is 13.3. The van der Waals surface area contributed by atoms with Gasteiger partial charge >= 0.3 is 12.2 Å². The molecule has 6 aromatic rings. The maximum atomic E-state index is 13.3. The number of fused-ring (bicyclic) bond motifs is 3. The first-order valence-electron chi connectivity index (χ1n) is 35.6. The van der Waals surface area contributed by atoms with Gasteiger partial charge in [0.1, 0.15) is 17.5 Å². The van der Waals surface area contributed by atoms with E-state index >= 15 is 0 Å². The molecule has 6 aliphatic carbocycles. The summed E-state index contributed by atoms with van der Waals surface area (Å²) < 4.78 is 11.5. The van der Waals surface area contributed by atoms with Gasteiger partial charge in [0.2, 0.25) is 0 Å². The van der Waals surface area contributed by atoms with Gasteiger partial charge in [0.05, 0.1) is 0 Å². The van der Waals surface area contributed by atoms with Gasteiger partial charge in [0, 0.05) is 106 Å². The van der Waals surface area contributed by atoms with E-state index in [2.05, 4.69) is 171 Å². The molecular weight excluding hydrogens is 1150 g/mol. The molecule has 2 N–H and O–H groups in total. The zero-order valence-electron chi connectivity index (χ0n) is 56.8. The molecule has 11 nitrogen and oxygen atoms in total. The Kier molecular flexibility index (Phi) is 20.8. The molecular formula is C82H106N6O5. The summed E-state index contributed by atoms with van der Waals surface area (Å²) in [6.07, 6.45) is 17.9. The Bertz CT molecular complexity index is 3340. The molecule has 6 atom stereocenters. The Morgan fingerprint density at radius 1 is 0.473 bits per heavy atom. The van der Waals surface area contributed by atoms with Crippen molar-refractivity contribution in [3.63, 3.8) is 0 Å². The van der Waals surface area contributed by atoms with Crippen LogP contribution in [-0.2, 0) is 52.8 Å². The second-order valence-electron chi connectivity index (χ2n) is 31.2. The summed E-state index contributed by atoms with van der Waals surface area (Å²) >= 11 is 0. The fraction of sp³-hybridized carbons (Fsp3) is 0.524. The Morgan fingerprint density at radius 3 is 1.19 bits per heavy atom. The number of nitrogens with zero attached hydrogens (tertiary/aromatic N) is 4. The third-order valence-electron chi connectivity index (χ3n) is 21.2. The molecule has 11 heteroatoms. The monoisotopic (exact) mass is 1250 g/mol. The van der Waals surface area contributed by atoms with E-state index in [1.54, 1.807) is 16.0 Å². The molecule has 6 fully saturated rings. The summed E-state index contributed by atoms with van der Waals surface area (Å²) in [4.78, 5) is 46.5. The van der Waals surface area contributed by atoms with Gasteiger partial charge in [-0.3, -0.25) is 0 Å². The number of aldehydes is 1. The van der Waals surface area contributed by atoms with Crippen molar-refractivity contribution in [1.82, 2.24) is 30.2 Å².